The fraction of sp³-hybridized carbons (Fsp3) is 0.895. The van der Waals surface area contributed by atoms with Crippen LogP contribution in [-0.2, 0) is 9.59 Å². The van der Waals surface area contributed by atoms with Gasteiger partial charge >= 0.3 is 0 Å². The second kappa shape index (κ2) is 4.43. The molecule has 0 aromatic heterocycles. The molecule has 2 nitrogen and oxygen atoms in total. The summed E-state index contributed by atoms with van der Waals surface area (Å²) in [5, 5.41) is 0. The summed E-state index contributed by atoms with van der Waals surface area (Å²) in [6, 6.07) is 0. The van der Waals surface area contributed by atoms with Gasteiger partial charge in [0.1, 0.15) is 11.6 Å². The van der Waals surface area contributed by atoms with Gasteiger partial charge in [0.15, 0.2) is 0 Å². The van der Waals surface area contributed by atoms with Crippen molar-refractivity contribution in [3.05, 3.63) is 0 Å². The zero-order valence-corrected chi connectivity index (χ0v) is 13.5. The number of rotatable bonds is 0. The largest absolute Gasteiger partial charge is 0.299 e. The van der Waals surface area contributed by atoms with Gasteiger partial charge in [0, 0.05) is 24.2 Å². The minimum Gasteiger partial charge on any atom is -0.299 e. The van der Waals surface area contributed by atoms with E-state index in [1.165, 1.54) is 25.7 Å². The van der Waals surface area contributed by atoms with Gasteiger partial charge in [-0.25, -0.2) is 0 Å². The maximum Gasteiger partial charge on any atom is 0.139 e. The van der Waals surface area contributed by atoms with Crippen LogP contribution in [-0.4, -0.2) is 11.6 Å². The Kier molecular flexibility index (Phi) is 2.94. The Morgan fingerprint density at radius 2 is 1.76 bits per heavy atom. The van der Waals surface area contributed by atoms with Gasteiger partial charge in [0.05, 0.1) is 0 Å². The van der Waals surface area contributed by atoms with Crippen LogP contribution < -0.4 is 0 Å². The lowest BCUT2D eigenvalue weighted by atomic mass is 9.45. The molecular formula is C19H28O2. The molecule has 2 heteroatoms. The third-order valence-corrected chi connectivity index (χ3v) is 8.07. The number of fused-ring (bicyclic) bond motifs is 5. The highest BCUT2D eigenvalue weighted by atomic mass is 16.1. The molecule has 0 radical (unpaired) electrons. The van der Waals surface area contributed by atoms with Gasteiger partial charge in [0.2, 0.25) is 0 Å². The quantitative estimate of drug-likeness (QED) is 0.670. The fourth-order valence-corrected chi connectivity index (χ4v) is 6.87. The predicted molar refractivity (Wildman–Crippen MR) is 81.7 cm³/mol. The molecule has 4 saturated carbocycles. The lowest BCUT2D eigenvalue weighted by Gasteiger charge is -2.58. The summed E-state index contributed by atoms with van der Waals surface area (Å²) < 4.78 is 0. The maximum atomic E-state index is 12.8. The number of ketones is 2. The minimum atomic E-state index is -0.0979. The standard InChI is InChI=1S/C19H28O2/c1-18-9-4-3-5-15(18)16(20)11-12-13-6-7-17(21)19(13,2)10-8-14(12)18/h12-15H,3-11H2,1-2H3/t12?,13?,14?,15?,18-,19+/m1/s1. The highest BCUT2D eigenvalue weighted by Gasteiger charge is 2.61. The molecule has 4 unspecified atom stereocenters. The van der Waals surface area contributed by atoms with Gasteiger partial charge in [-0.2, -0.15) is 0 Å². The van der Waals surface area contributed by atoms with E-state index in [-0.39, 0.29) is 10.8 Å². The second-order valence-electron chi connectivity index (χ2n) is 8.77. The topological polar surface area (TPSA) is 34.1 Å². The number of Topliss-reactive ketones (excluding diaryl/α,β-unsaturated/α-hetero) is 2. The first kappa shape index (κ1) is 14.0. The van der Waals surface area contributed by atoms with Gasteiger partial charge in [-0.15, -0.1) is 0 Å². The summed E-state index contributed by atoms with van der Waals surface area (Å²) in [6.45, 7) is 4.61. The Morgan fingerprint density at radius 3 is 2.57 bits per heavy atom. The van der Waals surface area contributed by atoms with E-state index in [9.17, 15) is 9.59 Å². The van der Waals surface area contributed by atoms with Gasteiger partial charge in [0.25, 0.3) is 0 Å². The molecule has 4 aliphatic carbocycles. The Hall–Kier alpha value is -0.660. The van der Waals surface area contributed by atoms with E-state index >= 15 is 0 Å². The third kappa shape index (κ3) is 1.71. The van der Waals surface area contributed by atoms with Crippen molar-refractivity contribution >= 4 is 11.6 Å². The molecule has 21 heavy (non-hydrogen) atoms. The Morgan fingerprint density at radius 1 is 0.952 bits per heavy atom. The zero-order valence-electron chi connectivity index (χ0n) is 13.5. The molecule has 0 amide bonds. The lowest BCUT2D eigenvalue weighted by molar-refractivity contribution is -0.155. The van der Waals surface area contributed by atoms with Crippen LogP contribution in [0.4, 0.5) is 0 Å². The molecule has 4 fully saturated rings. The van der Waals surface area contributed by atoms with Crippen LogP contribution in [0.3, 0.4) is 0 Å². The normalized spacial score (nSPS) is 53.0. The van der Waals surface area contributed by atoms with Gasteiger partial charge in [-0.3, -0.25) is 9.59 Å². The highest BCUT2D eigenvalue weighted by Crippen LogP contribution is 2.64. The molecule has 0 aromatic carbocycles. The van der Waals surface area contributed by atoms with Gasteiger partial charge in [-0.1, -0.05) is 26.7 Å². The minimum absolute atomic E-state index is 0.0979. The van der Waals surface area contributed by atoms with Crippen molar-refractivity contribution in [3.8, 4) is 0 Å². The molecule has 4 aliphatic rings. The van der Waals surface area contributed by atoms with Crippen molar-refractivity contribution in [2.24, 2.45) is 34.5 Å². The number of carbonyl (C=O) groups excluding carboxylic acids is 2. The van der Waals surface area contributed by atoms with Crippen LogP contribution in [0.5, 0.6) is 0 Å². The highest BCUT2D eigenvalue weighted by molar-refractivity contribution is 5.88. The van der Waals surface area contributed by atoms with Crippen LogP contribution >= 0.6 is 0 Å². The van der Waals surface area contributed by atoms with Crippen LogP contribution in [0, 0.1) is 34.5 Å². The van der Waals surface area contributed by atoms with E-state index in [1.807, 2.05) is 0 Å². The van der Waals surface area contributed by atoms with Crippen molar-refractivity contribution in [2.45, 2.75) is 71.6 Å². The maximum absolute atomic E-state index is 12.8. The molecule has 4 rings (SSSR count). The Balaban J connectivity index is 1.71. The van der Waals surface area contributed by atoms with Crippen molar-refractivity contribution < 1.29 is 9.59 Å². The van der Waals surface area contributed by atoms with E-state index in [2.05, 4.69) is 13.8 Å². The average Bonchev–Trinajstić information content (AvgIpc) is 2.75. The molecule has 0 N–H and O–H groups in total. The third-order valence-electron chi connectivity index (χ3n) is 8.07. The van der Waals surface area contributed by atoms with E-state index in [0.29, 0.717) is 35.2 Å². The molecule has 0 spiro atoms. The molecule has 0 saturated heterocycles. The summed E-state index contributed by atoms with van der Waals surface area (Å²) in [7, 11) is 0. The molecule has 0 aliphatic heterocycles. The lowest BCUT2D eigenvalue weighted by Crippen LogP contribution is -2.55. The summed E-state index contributed by atoms with van der Waals surface area (Å²) in [5.74, 6) is 3.03. The zero-order chi connectivity index (χ0) is 14.8. The van der Waals surface area contributed by atoms with Crippen molar-refractivity contribution in [3.63, 3.8) is 0 Å². The Labute approximate surface area is 128 Å². The summed E-state index contributed by atoms with van der Waals surface area (Å²) in [5.41, 5.74) is 0.143. The van der Waals surface area contributed by atoms with Gasteiger partial charge in [-0.05, 0) is 55.3 Å². The van der Waals surface area contributed by atoms with Crippen molar-refractivity contribution in [1.82, 2.24) is 0 Å². The van der Waals surface area contributed by atoms with E-state index in [4.69, 9.17) is 0 Å². The number of hydrogen-bond acceptors (Lipinski definition) is 2. The first-order chi connectivity index (χ1) is 9.97. The van der Waals surface area contributed by atoms with Crippen molar-refractivity contribution in [1.29, 1.82) is 0 Å². The molecule has 6 atom stereocenters. The first-order valence-electron chi connectivity index (χ1n) is 9.03. The van der Waals surface area contributed by atoms with Gasteiger partial charge < -0.3 is 0 Å². The molecule has 116 valence electrons. The second-order valence-corrected chi connectivity index (χ2v) is 8.77. The van der Waals surface area contributed by atoms with Crippen LogP contribution in [0.1, 0.15) is 71.6 Å². The van der Waals surface area contributed by atoms with Crippen LogP contribution in [0.2, 0.25) is 0 Å². The molecule has 0 bridgehead atoms. The average molecular weight is 288 g/mol. The Bertz CT molecular complexity index is 496. The van der Waals surface area contributed by atoms with E-state index in [0.717, 1.165) is 32.1 Å². The summed E-state index contributed by atoms with van der Waals surface area (Å²) >= 11 is 0. The number of carbonyl (C=O) groups is 2. The summed E-state index contributed by atoms with van der Waals surface area (Å²) in [6.07, 6.45) is 9.74. The van der Waals surface area contributed by atoms with E-state index in [1.54, 1.807) is 0 Å². The first-order valence-corrected chi connectivity index (χ1v) is 9.03. The SMILES string of the molecule is C[C@]12CCCCC1C(=O)CC1C2CC[C@]2(C)C(=O)CCC12. The summed E-state index contributed by atoms with van der Waals surface area (Å²) in [4.78, 5) is 25.1. The molecular weight excluding hydrogens is 260 g/mol. The van der Waals surface area contributed by atoms with Crippen LogP contribution in [0.25, 0.3) is 0 Å². The van der Waals surface area contributed by atoms with E-state index < -0.39 is 0 Å². The smallest absolute Gasteiger partial charge is 0.139 e. The number of hydrogen-bond donors (Lipinski definition) is 0. The van der Waals surface area contributed by atoms with Crippen molar-refractivity contribution in [2.75, 3.05) is 0 Å². The fourth-order valence-electron chi connectivity index (χ4n) is 6.87. The predicted octanol–water partition coefficient (Wildman–Crippen LogP) is 4.17. The monoisotopic (exact) mass is 288 g/mol. The molecule has 0 aromatic rings. The van der Waals surface area contributed by atoms with Crippen LogP contribution in [0.15, 0.2) is 0 Å². The molecule has 0 heterocycles.